The molecule has 0 aliphatic carbocycles. The van der Waals surface area contributed by atoms with Gasteiger partial charge in [-0.1, -0.05) is 13.8 Å². The number of ether oxygens (including phenoxy) is 2. The van der Waals surface area contributed by atoms with E-state index in [0.717, 1.165) is 0 Å². The van der Waals surface area contributed by atoms with E-state index in [-0.39, 0.29) is 23.5 Å². The van der Waals surface area contributed by atoms with Gasteiger partial charge in [0.1, 0.15) is 11.5 Å². The summed E-state index contributed by atoms with van der Waals surface area (Å²) in [5.74, 6) is 0.385. The van der Waals surface area contributed by atoms with Crippen LogP contribution in [0.5, 0.6) is 11.5 Å². The van der Waals surface area contributed by atoms with Gasteiger partial charge >= 0.3 is 0 Å². The maximum absolute atomic E-state index is 12.2. The number of hydrogen-bond donors (Lipinski definition) is 4. The van der Waals surface area contributed by atoms with E-state index in [1.165, 1.54) is 0 Å². The van der Waals surface area contributed by atoms with Crippen LogP contribution in [-0.4, -0.2) is 36.6 Å². The molecular formula is C22H26N4O5S. The Morgan fingerprint density at radius 3 is 2.12 bits per heavy atom. The van der Waals surface area contributed by atoms with E-state index in [2.05, 4.69) is 21.5 Å². The lowest BCUT2D eigenvalue weighted by molar-refractivity contribution is -0.121. The number of hydrazine groups is 1. The number of carbonyl (C=O) groups excluding carboxylic acids is 3. The molecule has 0 fully saturated rings. The van der Waals surface area contributed by atoms with Gasteiger partial charge in [0.05, 0.1) is 7.11 Å². The highest BCUT2D eigenvalue weighted by Crippen LogP contribution is 2.16. The van der Waals surface area contributed by atoms with Gasteiger partial charge < -0.3 is 14.8 Å². The van der Waals surface area contributed by atoms with Crippen LogP contribution in [0.1, 0.15) is 30.6 Å². The Bertz CT molecular complexity index is 946. The summed E-state index contributed by atoms with van der Waals surface area (Å²) in [6.07, 6.45) is 0.417. The van der Waals surface area contributed by atoms with E-state index in [4.69, 9.17) is 21.7 Å². The Labute approximate surface area is 191 Å². The first-order valence-electron chi connectivity index (χ1n) is 9.83. The minimum atomic E-state index is -0.492. The second-order valence-corrected chi connectivity index (χ2v) is 7.55. The number of rotatable bonds is 8. The molecule has 0 aromatic heterocycles. The maximum atomic E-state index is 12.2. The molecule has 9 nitrogen and oxygen atoms in total. The zero-order valence-electron chi connectivity index (χ0n) is 18.1. The SMILES string of the molecule is COc1ccc(OCC(=O)NC(=S)NNC(=O)c2ccc(NC(=O)CC(C)C)cc2)cc1. The van der Waals surface area contributed by atoms with Crippen LogP contribution in [0, 0.1) is 5.92 Å². The van der Waals surface area contributed by atoms with E-state index in [9.17, 15) is 14.4 Å². The summed E-state index contributed by atoms with van der Waals surface area (Å²) in [6.45, 7) is 3.66. The van der Waals surface area contributed by atoms with Gasteiger partial charge in [-0.3, -0.25) is 30.6 Å². The average Bonchev–Trinajstić information content (AvgIpc) is 2.76. The maximum Gasteiger partial charge on any atom is 0.269 e. The second kappa shape index (κ2) is 12.3. The summed E-state index contributed by atoms with van der Waals surface area (Å²) in [6, 6.07) is 13.1. The molecule has 10 heteroatoms. The lowest BCUT2D eigenvalue weighted by Crippen LogP contribution is -2.49. The summed E-state index contributed by atoms with van der Waals surface area (Å²) < 4.78 is 10.4. The van der Waals surface area contributed by atoms with Crippen LogP contribution >= 0.6 is 12.2 Å². The molecule has 2 aromatic rings. The molecule has 2 aromatic carbocycles. The quantitative estimate of drug-likeness (QED) is 0.354. The second-order valence-electron chi connectivity index (χ2n) is 7.14. The zero-order chi connectivity index (χ0) is 23.5. The lowest BCUT2D eigenvalue weighted by Gasteiger charge is -2.12. The van der Waals surface area contributed by atoms with Crippen LogP contribution in [0.15, 0.2) is 48.5 Å². The number of amides is 3. The fourth-order valence-electron chi connectivity index (χ4n) is 2.49. The molecule has 0 spiro atoms. The Morgan fingerprint density at radius 1 is 0.906 bits per heavy atom. The highest BCUT2D eigenvalue weighted by Gasteiger charge is 2.10. The molecule has 0 heterocycles. The third-order valence-electron chi connectivity index (χ3n) is 4.00. The molecule has 32 heavy (non-hydrogen) atoms. The molecule has 0 radical (unpaired) electrons. The number of anilines is 1. The first kappa shape index (κ1) is 24.6. The molecule has 2 rings (SSSR count). The molecule has 0 bridgehead atoms. The lowest BCUT2D eigenvalue weighted by atomic mass is 10.1. The number of thiocarbonyl (C=S) groups is 1. The van der Waals surface area contributed by atoms with Crippen LogP contribution in [-0.2, 0) is 9.59 Å². The van der Waals surface area contributed by atoms with E-state index >= 15 is 0 Å². The highest BCUT2D eigenvalue weighted by molar-refractivity contribution is 7.80. The van der Waals surface area contributed by atoms with Crippen LogP contribution < -0.4 is 31.0 Å². The highest BCUT2D eigenvalue weighted by atomic mass is 32.1. The zero-order valence-corrected chi connectivity index (χ0v) is 18.9. The number of nitrogens with one attached hydrogen (secondary N) is 4. The van der Waals surface area contributed by atoms with E-state index in [0.29, 0.717) is 29.2 Å². The van der Waals surface area contributed by atoms with Gasteiger partial charge in [0, 0.05) is 17.7 Å². The minimum absolute atomic E-state index is 0.0840. The van der Waals surface area contributed by atoms with Crippen molar-refractivity contribution in [1.29, 1.82) is 0 Å². The molecule has 0 aliphatic heterocycles. The summed E-state index contributed by atoms with van der Waals surface area (Å²) in [4.78, 5) is 35.9. The third kappa shape index (κ3) is 8.60. The molecule has 0 unspecified atom stereocenters. The van der Waals surface area contributed by atoms with Crippen molar-refractivity contribution in [3.63, 3.8) is 0 Å². The topological polar surface area (TPSA) is 118 Å². The van der Waals surface area contributed by atoms with Crippen LogP contribution in [0.3, 0.4) is 0 Å². The molecular weight excluding hydrogens is 432 g/mol. The normalized spacial score (nSPS) is 10.1. The van der Waals surface area contributed by atoms with E-state index in [1.807, 2.05) is 13.8 Å². The van der Waals surface area contributed by atoms with Crippen molar-refractivity contribution in [2.24, 2.45) is 5.92 Å². The molecule has 4 N–H and O–H groups in total. The van der Waals surface area contributed by atoms with Crippen molar-refractivity contribution in [3.05, 3.63) is 54.1 Å². The van der Waals surface area contributed by atoms with Crippen molar-refractivity contribution in [1.82, 2.24) is 16.2 Å². The number of methoxy groups -OCH3 is 1. The summed E-state index contributed by atoms with van der Waals surface area (Å²) in [5, 5.41) is 5.08. The van der Waals surface area contributed by atoms with Gasteiger partial charge in [-0.05, 0) is 66.7 Å². The third-order valence-corrected chi connectivity index (χ3v) is 4.20. The Hall–Kier alpha value is -3.66. The first-order chi connectivity index (χ1) is 15.3. The van der Waals surface area contributed by atoms with Crippen LogP contribution in [0.2, 0.25) is 0 Å². The van der Waals surface area contributed by atoms with Crippen molar-refractivity contribution in [3.8, 4) is 11.5 Å². The van der Waals surface area contributed by atoms with E-state index < -0.39 is 11.8 Å². The first-order valence-corrected chi connectivity index (χ1v) is 10.2. The minimum Gasteiger partial charge on any atom is -0.497 e. The van der Waals surface area contributed by atoms with Crippen LogP contribution in [0.4, 0.5) is 5.69 Å². The summed E-state index contributed by atoms with van der Waals surface area (Å²) in [7, 11) is 1.55. The standard InChI is InChI=1S/C22H26N4O5S/c1-14(2)12-19(27)23-16-6-4-15(5-7-16)21(29)25-26-22(32)24-20(28)13-31-18-10-8-17(30-3)9-11-18/h4-11,14H,12-13H2,1-3H3,(H,23,27)(H,25,29)(H2,24,26,28,32). The van der Waals surface area contributed by atoms with Crippen molar-refractivity contribution in [2.75, 3.05) is 19.0 Å². The average molecular weight is 459 g/mol. The number of carbonyl (C=O) groups is 3. The fourth-order valence-corrected chi connectivity index (χ4v) is 2.65. The van der Waals surface area contributed by atoms with Gasteiger partial charge in [0.25, 0.3) is 11.8 Å². The number of benzene rings is 2. The fraction of sp³-hybridized carbons (Fsp3) is 0.273. The van der Waals surface area contributed by atoms with Gasteiger partial charge in [-0.25, -0.2) is 0 Å². The van der Waals surface area contributed by atoms with Crippen molar-refractivity contribution < 1.29 is 23.9 Å². The Kier molecular flexibility index (Phi) is 9.43. The molecule has 0 saturated carbocycles. The monoisotopic (exact) mass is 458 g/mol. The number of hydrogen-bond acceptors (Lipinski definition) is 6. The molecule has 170 valence electrons. The van der Waals surface area contributed by atoms with Gasteiger partial charge in [-0.2, -0.15) is 0 Å². The van der Waals surface area contributed by atoms with Gasteiger partial charge in [0.15, 0.2) is 11.7 Å². The smallest absolute Gasteiger partial charge is 0.269 e. The molecule has 0 atom stereocenters. The molecule has 0 saturated heterocycles. The Balaban J connectivity index is 1.72. The van der Waals surface area contributed by atoms with Crippen molar-refractivity contribution in [2.45, 2.75) is 20.3 Å². The Morgan fingerprint density at radius 2 is 1.53 bits per heavy atom. The van der Waals surface area contributed by atoms with E-state index in [1.54, 1.807) is 55.6 Å². The van der Waals surface area contributed by atoms with Gasteiger partial charge in [-0.15, -0.1) is 0 Å². The van der Waals surface area contributed by atoms with Crippen molar-refractivity contribution >= 4 is 40.7 Å². The predicted molar refractivity (Wildman–Crippen MR) is 124 cm³/mol. The molecule has 0 aliphatic rings. The largest absolute Gasteiger partial charge is 0.497 e. The summed E-state index contributed by atoms with van der Waals surface area (Å²) >= 11 is 4.99. The predicted octanol–water partition coefficient (Wildman–Crippen LogP) is 2.39. The summed E-state index contributed by atoms with van der Waals surface area (Å²) in [5.41, 5.74) is 5.78. The van der Waals surface area contributed by atoms with Gasteiger partial charge in [0.2, 0.25) is 5.91 Å². The molecule has 3 amide bonds. The van der Waals surface area contributed by atoms with Crippen LogP contribution in [0.25, 0.3) is 0 Å².